The molecule has 2 heteroatoms. The van der Waals surface area contributed by atoms with Crippen LogP contribution in [0.5, 0.6) is 0 Å². The van der Waals surface area contributed by atoms with Crippen LogP contribution >= 0.6 is 0 Å². The molecule has 3 unspecified atom stereocenters. The first-order chi connectivity index (χ1) is 7.81. The smallest absolute Gasteiger partial charge is 0.0623 e. The van der Waals surface area contributed by atoms with Gasteiger partial charge in [-0.15, -0.1) is 0 Å². The van der Waals surface area contributed by atoms with E-state index in [-0.39, 0.29) is 0 Å². The molecule has 1 aliphatic carbocycles. The molecule has 1 N–H and O–H groups in total. The summed E-state index contributed by atoms with van der Waals surface area (Å²) < 4.78 is 6.13. The normalized spacial score (nSPS) is 27.9. The van der Waals surface area contributed by atoms with E-state index in [1.165, 1.54) is 32.1 Å². The summed E-state index contributed by atoms with van der Waals surface area (Å²) in [5, 5.41) is 3.48. The van der Waals surface area contributed by atoms with Gasteiger partial charge in [-0.1, -0.05) is 40.0 Å². The second-order valence-corrected chi connectivity index (χ2v) is 4.99. The zero-order valence-corrected chi connectivity index (χ0v) is 11.3. The van der Waals surface area contributed by atoms with Gasteiger partial charge in [0, 0.05) is 6.04 Å². The van der Waals surface area contributed by atoms with Gasteiger partial charge in [-0.3, -0.25) is 0 Å². The Hall–Kier alpha value is -0.0800. The summed E-state index contributed by atoms with van der Waals surface area (Å²) in [5.41, 5.74) is 0. The SMILES string of the molecule is CCNC(CC)COC1CCCCC1CC. The highest BCUT2D eigenvalue weighted by Crippen LogP contribution is 2.29. The van der Waals surface area contributed by atoms with Gasteiger partial charge in [-0.2, -0.15) is 0 Å². The lowest BCUT2D eigenvalue weighted by Gasteiger charge is -2.32. The molecular weight excluding hydrogens is 198 g/mol. The minimum atomic E-state index is 0.534. The van der Waals surface area contributed by atoms with E-state index in [2.05, 4.69) is 26.1 Å². The van der Waals surface area contributed by atoms with Gasteiger partial charge in [0.15, 0.2) is 0 Å². The fourth-order valence-electron chi connectivity index (χ4n) is 2.71. The summed E-state index contributed by atoms with van der Waals surface area (Å²) in [6, 6.07) is 0.546. The third-order valence-corrected chi connectivity index (χ3v) is 3.86. The molecule has 0 aromatic rings. The van der Waals surface area contributed by atoms with Crippen LogP contribution in [-0.2, 0) is 4.74 Å². The minimum absolute atomic E-state index is 0.534. The summed E-state index contributed by atoms with van der Waals surface area (Å²) in [7, 11) is 0. The maximum Gasteiger partial charge on any atom is 0.0623 e. The highest BCUT2D eigenvalue weighted by atomic mass is 16.5. The van der Waals surface area contributed by atoms with Crippen LogP contribution in [-0.4, -0.2) is 25.3 Å². The molecule has 1 rings (SSSR count). The molecule has 0 aromatic carbocycles. The predicted octanol–water partition coefficient (Wildman–Crippen LogP) is 3.36. The molecule has 0 heterocycles. The second-order valence-electron chi connectivity index (χ2n) is 4.99. The van der Waals surface area contributed by atoms with E-state index in [1.54, 1.807) is 0 Å². The summed E-state index contributed by atoms with van der Waals surface area (Å²) in [6.07, 6.45) is 8.40. The van der Waals surface area contributed by atoms with Crippen LogP contribution in [0.1, 0.15) is 59.3 Å². The fourth-order valence-corrected chi connectivity index (χ4v) is 2.71. The van der Waals surface area contributed by atoms with Crippen molar-refractivity contribution in [2.75, 3.05) is 13.2 Å². The van der Waals surface area contributed by atoms with Gasteiger partial charge in [0.25, 0.3) is 0 Å². The summed E-state index contributed by atoms with van der Waals surface area (Å²) in [5.74, 6) is 0.813. The van der Waals surface area contributed by atoms with Crippen molar-refractivity contribution in [1.29, 1.82) is 0 Å². The van der Waals surface area contributed by atoms with Gasteiger partial charge in [0.1, 0.15) is 0 Å². The molecule has 1 fully saturated rings. The van der Waals surface area contributed by atoms with Crippen LogP contribution in [0.2, 0.25) is 0 Å². The molecular formula is C14H29NO. The minimum Gasteiger partial charge on any atom is -0.376 e. The monoisotopic (exact) mass is 227 g/mol. The average Bonchev–Trinajstić information content (AvgIpc) is 2.34. The Bertz CT molecular complexity index is 172. The summed E-state index contributed by atoms with van der Waals surface area (Å²) in [6.45, 7) is 8.64. The van der Waals surface area contributed by atoms with Crippen molar-refractivity contribution in [3.05, 3.63) is 0 Å². The molecule has 1 saturated carbocycles. The van der Waals surface area contributed by atoms with E-state index in [9.17, 15) is 0 Å². The van der Waals surface area contributed by atoms with Crippen LogP contribution in [0.4, 0.5) is 0 Å². The van der Waals surface area contributed by atoms with Crippen molar-refractivity contribution in [3.8, 4) is 0 Å². The van der Waals surface area contributed by atoms with Gasteiger partial charge in [-0.25, -0.2) is 0 Å². The number of rotatable bonds is 7. The van der Waals surface area contributed by atoms with Crippen molar-refractivity contribution < 1.29 is 4.74 Å². The quantitative estimate of drug-likeness (QED) is 0.720. The molecule has 0 spiro atoms. The van der Waals surface area contributed by atoms with Gasteiger partial charge < -0.3 is 10.1 Å². The first-order valence-electron chi connectivity index (χ1n) is 7.16. The van der Waals surface area contributed by atoms with Crippen LogP contribution in [0.3, 0.4) is 0 Å². The Morgan fingerprint density at radius 1 is 1.19 bits per heavy atom. The molecule has 0 saturated heterocycles. The molecule has 2 nitrogen and oxygen atoms in total. The van der Waals surface area contributed by atoms with Gasteiger partial charge >= 0.3 is 0 Å². The average molecular weight is 227 g/mol. The van der Waals surface area contributed by atoms with E-state index in [1.807, 2.05) is 0 Å². The summed E-state index contributed by atoms with van der Waals surface area (Å²) in [4.78, 5) is 0. The van der Waals surface area contributed by atoms with Crippen LogP contribution in [0.25, 0.3) is 0 Å². The third-order valence-electron chi connectivity index (χ3n) is 3.86. The summed E-state index contributed by atoms with van der Waals surface area (Å²) >= 11 is 0. The van der Waals surface area contributed by atoms with Gasteiger partial charge in [0.05, 0.1) is 12.7 Å². The van der Waals surface area contributed by atoms with Crippen molar-refractivity contribution in [3.63, 3.8) is 0 Å². The van der Waals surface area contributed by atoms with E-state index >= 15 is 0 Å². The zero-order chi connectivity index (χ0) is 11.8. The topological polar surface area (TPSA) is 21.3 Å². The standard InChI is InChI=1S/C14H29NO/c1-4-12-9-7-8-10-14(12)16-11-13(5-2)15-6-3/h12-15H,4-11H2,1-3H3. The lowest BCUT2D eigenvalue weighted by Crippen LogP contribution is -2.36. The molecule has 0 bridgehead atoms. The Kier molecular flexibility index (Phi) is 7.06. The largest absolute Gasteiger partial charge is 0.376 e. The number of ether oxygens (including phenoxy) is 1. The maximum absolute atomic E-state index is 6.13. The highest BCUT2D eigenvalue weighted by molar-refractivity contribution is 4.76. The first-order valence-corrected chi connectivity index (χ1v) is 7.16. The number of nitrogens with one attached hydrogen (secondary N) is 1. The maximum atomic E-state index is 6.13. The lowest BCUT2D eigenvalue weighted by atomic mass is 9.85. The van der Waals surface area contributed by atoms with E-state index in [0.29, 0.717) is 12.1 Å². The third kappa shape index (κ3) is 4.42. The second kappa shape index (κ2) is 8.08. The zero-order valence-electron chi connectivity index (χ0n) is 11.3. The molecule has 3 atom stereocenters. The van der Waals surface area contributed by atoms with Crippen molar-refractivity contribution >= 4 is 0 Å². The van der Waals surface area contributed by atoms with Crippen LogP contribution < -0.4 is 5.32 Å². The number of hydrogen-bond acceptors (Lipinski definition) is 2. The van der Waals surface area contributed by atoms with E-state index < -0.39 is 0 Å². The van der Waals surface area contributed by atoms with Crippen molar-refractivity contribution in [2.24, 2.45) is 5.92 Å². The van der Waals surface area contributed by atoms with Crippen molar-refractivity contribution in [1.82, 2.24) is 5.32 Å². The van der Waals surface area contributed by atoms with Gasteiger partial charge in [0.2, 0.25) is 0 Å². The Labute approximate surface area is 101 Å². The molecule has 0 aliphatic heterocycles. The van der Waals surface area contributed by atoms with Crippen molar-refractivity contribution in [2.45, 2.75) is 71.4 Å². The highest BCUT2D eigenvalue weighted by Gasteiger charge is 2.24. The van der Waals surface area contributed by atoms with Crippen LogP contribution in [0, 0.1) is 5.92 Å². The molecule has 0 aromatic heterocycles. The Morgan fingerprint density at radius 2 is 1.94 bits per heavy atom. The Morgan fingerprint density at radius 3 is 2.56 bits per heavy atom. The van der Waals surface area contributed by atoms with E-state index in [0.717, 1.165) is 25.5 Å². The van der Waals surface area contributed by atoms with Crippen LogP contribution in [0.15, 0.2) is 0 Å². The molecule has 1 aliphatic rings. The number of hydrogen-bond donors (Lipinski definition) is 1. The molecule has 0 amide bonds. The van der Waals surface area contributed by atoms with Gasteiger partial charge in [-0.05, 0) is 31.7 Å². The first kappa shape index (κ1) is 14.0. The molecule has 96 valence electrons. The lowest BCUT2D eigenvalue weighted by molar-refractivity contribution is -0.0216. The predicted molar refractivity (Wildman–Crippen MR) is 69.7 cm³/mol. The molecule has 0 radical (unpaired) electrons. The Balaban J connectivity index is 2.28. The van der Waals surface area contributed by atoms with E-state index in [4.69, 9.17) is 4.74 Å². The fraction of sp³-hybridized carbons (Fsp3) is 1.00. The molecule has 16 heavy (non-hydrogen) atoms. The number of likely N-dealkylation sites (N-methyl/N-ethyl adjacent to an activating group) is 1.